The molecule has 1 unspecified atom stereocenters. The lowest BCUT2D eigenvalue weighted by Gasteiger charge is -2.12. The first-order chi connectivity index (χ1) is 7.75. The van der Waals surface area contributed by atoms with Crippen LogP contribution in [0.2, 0.25) is 0 Å². The molecule has 1 aromatic carbocycles. The minimum atomic E-state index is -0.376. The van der Waals surface area contributed by atoms with Crippen LogP contribution >= 0.6 is 0 Å². The van der Waals surface area contributed by atoms with Gasteiger partial charge in [-0.2, -0.15) is 0 Å². The van der Waals surface area contributed by atoms with Crippen LogP contribution in [0, 0.1) is 10.1 Å². The Morgan fingerprint density at radius 2 is 2.44 bits per heavy atom. The standard InChI is InChI=1S/C11H15N3O2/c15-14(16)11-5-1-3-9(7-11)13-8-10-4-2-6-12-10/h1,3,5,7,10,12-13H,2,4,6,8H2. The topological polar surface area (TPSA) is 67.2 Å². The summed E-state index contributed by atoms with van der Waals surface area (Å²) in [5.74, 6) is 0. The van der Waals surface area contributed by atoms with E-state index in [4.69, 9.17) is 0 Å². The van der Waals surface area contributed by atoms with E-state index in [1.807, 2.05) is 6.07 Å². The number of rotatable bonds is 4. The number of hydrogen-bond donors (Lipinski definition) is 2. The van der Waals surface area contributed by atoms with E-state index in [1.54, 1.807) is 12.1 Å². The summed E-state index contributed by atoms with van der Waals surface area (Å²) in [7, 11) is 0. The highest BCUT2D eigenvalue weighted by Crippen LogP contribution is 2.17. The third-order valence-electron chi connectivity index (χ3n) is 2.77. The first-order valence-corrected chi connectivity index (χ1v) is 5.47. The van der Waals surface area contributed by atoms with Crippen molar-refractivity contribution in [1.82, 2.24) is 5.32 Å². The number of non-ortho nitro benzene ring substituents is 1. The highest BCUT2D eigenvalue weighted by molar-refractivity contribution is 5.50. The molecular formula is C11H15N3O2. The van der Waals surface area contributed by atoms with Crippen molar-refractivity contribution < 1.29 is 4.92 Å². The molecule has 86 valence electrons. The van der Waals surface area contributed by atoms with Crippen molar-refractivity contribution in [2.45, 2.75) is 18.9 Å². The lowest BCUT2D eigenvalue weighted by molar-refractivity contribution is -0.384. The summed E-state index contributed by atoms with van der Waals surface area (Å²) in [6.45, 7) is 1.89. The minimum absolute atomic E-state index is 0.129. The van der Waals surface area contributed by atoms with Crippen molar-refractivity contribution in [3.8, 4) is 0 Å². The Labute approximate surface area is 94.0 Å². The van der Waals surface area contributed by atoms with Crippen LogP contribution in [0.15, 0.2) is 24.3 Å². The third kappa shape index (κ3) is 2.70. The van der Waals surface area contributed by atoms with E-state index in [-0.39, 0.29) is 10.6 Å². The van der Waals surface area contributed by atoms with Crippen molar-refractivity contribution in [2.75, 3.05) is 18.4 Å². The van der Waals surface area contributed by atoms with E-state index < -0.39 is 0 Å². The molecule has 0 spiro atoms. The largest absolute Gasteiger partial charge is 0.383 e. The van der Waals surface area contributed by atoms with Gasteiger partial charge in [0, 0.05) is 30.4 Å². The summed E-state index contributed by atoms with van der Waals surface area (Å²) in [6.07, 6.45) is 2.38. The molecule has 5 heteroatoms. The normalized spacial score (nSPS) is 19.6. The zero-order valence-electron chi connectivity index (χ0n) is 8.98. The summed E-state index contributed by atoms with van der Waals surface area (Å²) in [5, 5.41) is 17.2. The number of nitrogens with zero attached hydrogens (tertiary/aromatic N) is 1. The Kier molecular flexibility index (Phi) is 3.36. The van der Waals surface area contributed by atoms with Crippen LogP contribution in [0.25, 0.3) is 0 Å². The molecule has 1 fully saturated rings. The Balaban J connectivity index is 1.93. The Bertz CT molecular complexity index is 375. The van der Waals surface area contributed by atoms with Crippen molar-refractivity contribution in [1.29, 1.82) is 0 Å². The first-order valence-electron chi connectivity index (χ1n) is 5.47. The Morgan fingerprint density at radius 3 is 3.12 bits per heavy atom. The highest BCUT2D eigenvalue weighted by atomic mass is 16.6. The molecular weight excluding hydrogens is 206 g/mol. The van der Waals surface area contributed by atoms with Gasteiger partial charge >= 0.3 is 0 Å². The molecule has 16 heavy (non-hydrogen) atoms. The maximum Gasteiger partial charge on any atom is 0.271 e. The monoisotopic (exact) mass is 221 g/mol. The Morgan fingerprint density at radius 1 is 1.56 bits per heavy atom. The molecule has 5 nitrogen and oxygen atoms in total. The van der Waals surface area contributed by atoms with Gasteiger partial charge in [-0.3, -0.25) is 10.1 Å². The van der Waals surface area contributed by atoms with Gasteiger partial charge in [-0.1, -0.05) is 6.07 Å². The minimum Gasteiger partial charge on any atom is -0.383 e. The smallest absolute Gasteiger partial charge is 0.271 e. The van der Waals surface area contributed by atoms with Gasteiger partial charge in [0.25, 0.3) is 5.69 Å². The van der Waals surface area contributed by atoms with E-state index in [0.717, 1.165) is 18.8 Å². The fourth-order valence-electron chi connectivity index (χ4n) is 1.90. The van der Waals surface area contributed by atoms with E-state index in [0.29, 0.717) is 6.04 Å². The first kappa shape index (κ1) is 10.9. The van der Waals surface area contributed by atoms with Gasteiger partial charge in [0.15, 0.2) is 0 Å². The number of nitro benzene ring substituents is 1. The predicted octanol–water partition coefficient (Wildman–Crippen LogP) is 1.76. The summed E-state index contributed by atoms with van der Waals surface area (Å²) >= 11 is 0. The van der Waals surface area contributed by atoms with Gasteiger partial charge in [-0.15, -0.1) is 0 Å². The molecule has 1 aromatic rings. The van der Waals surface area contributed by atoms with Gasteiger partial charge in [-0.25, -0.2) is 0 Å². The number of nitrogens with one attached hydrogen (secondary N) is 2. The fraction of sp³-hybridized carbons (Fsp3) is 0.455. The van der Waals surface area contributed by atoms with Gasteiger partial charge in [0.1, 0.15) is 0 Å². The second-order valence-electron chi connectivity index (χ2n) is 3.98. The predicted molar refractivity (Wildman–Crippen MR) is 62.6 cm³/mol. The van der Waals surface area contributed by atoms with Gasteiger partial charge in [-0.05, 0) is 25.5 Å². The van der Waals surface area contributed by atoms with E-state index in [9.17, 15) is 10.1 Å². The molecule has 0 aromatic heterocycles. The van der Waals surface area contributed by atoms with Crippen LogP contribution in [0.3, 0.4) is 0 Å². The van der Waals surface area contributed by atoms with Gasteiger partial charge in [0.05, 0.1) is 4.92 Å². The molecule has 0 saturated carbocycles. The molecule has 1 atom stereocenters. The number of hydrogen-bond acceptors (Lipinski definition) is 4. The quantitative estimate of drug-likeness (QED) is 0.600. The van der Waals surface area contributed by atoms with Gasteiger partial charge in [0.2, 0.25) is 0 Å². The van der Waals surface area contributed by atoms with Crippen LogP contribution in [0.4, 0.5) is 11.4 Å². The molecule has 2 rings (SSSR count). The second kappa shape index (κ2) is 4.94. The molecule has 0 amide bonds. The van der Waals surface area contributed by atoms with Crippen molar-refractivity contribution in [2.24, 2.45) is 0 Å². The molecule has 1 aliphatic heterocycles. The second-order valence-corrected chi connectivity index (χ2v) is 3.98. The van der Waals surface area contributed by atoms with Gasteiger partial charge < -0.3 is 10.6 Å². The molecule has 0 aliphatic carbocycles. The molecule has 0 radical (unpaired) electrons. The van der Waals surface area contributed by atoms with E-state index in [2.05, 4.69) is 10.6 Å². The van der Waals surface area contributed by atoms with Crippen molar-refractivity contribution >= 4 is 11.4 Å². The summed E-state index contributed by atoms with van der Waals surface area (Å²) in [6, 6.07) is 7.09. The summed E-state index contributed by atoms with van der Waals surface area (Å²) in [5.41, 5.74) is 0.937. The molecule has 1 saturated heterocycles. The number of nitro groups is 1. The molecule has 2 N–H and O–H groups in total. The maximum absolute atomic E-state index is 10.6. The van der Waals surface area contributed by atoms with Crippen LogP contribution in [0.1, 0.15) is 12.8 Å². The Hall–Kier alpha value is -1.62. The fourth-order valence-corrected chi connectivity index (χ4v) is 1.90. The summed E-state index contributed by atoms with van der Waals surface area (Å²) < 4.78 is 0. The lowest BCUT2D eigenvalue weighted by Crippen LogP contribution is -2.29. The van der Waals surface area contributed by atoms with Crippen LogP contribution in [0.5, 0.6) is 0 Å². The molecule has 1 heterocycles. The van der Waals surface area contributed by atoms with E-state index in [1.165, 1.54) is 18.9 Å². The van der Waals surface area contributed by atoms with Crippen LogP contribution in [-0.2, 0) is 0 Å². The SMILES string of the molecule is O=[N+]([O-])c1cccc(NCC2CCCN2)c1. The van der Waals surface area contributed by atoms with Crippen molar-refractivity contribution in [3.63, 3.8) is 0 Å². The van der Waals surface area contributed by atoms with Crippen LogP contribution < -0.4 is 10.6 Å². The highest BCUT2D eigenvalue weighted by Gasteiger charge is 2.13. The molecule has 1 aliphatic rings. The van der Waals surface area contributed by atoms with Crippen molar-refractivity contribution in [3.05, 3.63) is 34.4 Å². The number of anilines is 1. The average molecular weight is 221 g/mol. The third-order valence-corrected chi connectivity index (χ3v) is 2.77. The average Bonchev–Trinajstić information content (AvgIpc) is 2.79. The zero-order valence-corrected chi connectivity index (χ0v) is 8.98. The van der Waals surface area contributed by atoms with Crippen LogP contribution in [-0.4, -0.2) is 24.1 Å². The van der Waals surface area contributed by atoms with E-state index >= 15 is 0 Å². The maximum atomic E-state index is 10.6. The zero-order chi connectivity index (χ0) is 11.4. The summed E-state index contributed by atoms with van der Waals surface area (Å²) in [4.78, 5) is 10.2. The molecule has 0 bridgehead atoms. The lowest BCUT2D eigenvalue weighted by atomic mass is 10.2. The number of benzene rings is 1.